The van der Waals surface area contributed by atoms with Crippen molar-refractivity contribution in [2.75, 3.05) is 17.1 Å². The highest BCUT2D eigenvalue weighted by Gasteiger charge is 2.23. The molecule has 1 aromatic heterocycles. The molecule has 7 nitrogen and oxygen atoms in total. The summed E-state index contributed by atoms with van der Waals surface area (Å²) in [5, 5.41) is 2.78. The minimum atomic E-state index is -3.98. The third kappa shape index (κ3) is 4.17. The Morgan fingerprint density at radius 1 is 1.03 bits per heavy atom. The quantitative estimate of drug-likeness (QED) is 0.417. The van der Waals surface area contributed by atoms with E-state index in [1.165, 1.54) is 30.6 Å². The fourth-order valence-corrected chi connectivity index (χ4v) is 5.59. The van der Waals surface area contributed by atoms with Crippen molar-refractivity contribution in [1.29, 1.82) is 0 Å². The zero-order chi connectivity index (χ0) is 22.9. The summed E-state index contributed by atoms with van der Waals surface area (Å²) < 4.78 is 35.1. The number of carbonyl (C=O) groups excluding carboxylic acids is 1. The molecular formula is C23H21N3O4S2. The number of nitrogens with one attached hydrogen (secondary N) is 2. The standard InChI is InChI=1S/C23H21N3O4S2/c1-14-6-4-7-15(2)21(14)26-32(28,29)20-12-16(10-11-19(20)30-3)25-23(27)17-8-5-9-18-22(17)31-13-24-18/h4-13,26H,1-3H3,(H,25,27). The predicted octanol–water partition coefficient (Wildman–Crippen LogP) is 4.97. The fourth-order valence-electron chi connectivity index (χ4n) is 3.39. The SMILES string of the molecule is COc1ccc(NC(=O)c2cccc3ncsc23)cc1S(=O)(=O)Nc1c(C)cccc1C. The van der Waals surface area contributed by atoms with Gasteiger partial charge in [-0.1, -0.05) is 24.3 Å². The van der Waals surface area contributed by atoms with Crippen LogP contribution < -0.4 is 14.8 Å². The van der Waals surface area contributed by atoms with E-state index in [2.05, 4.69) is 15.0 Å². The van der Waals surface area contributed by atoms with E-state index in [0.29, 0.717) is 16.9 Å². The number of benzene rings is 3. The van der Waals surface area contributed by atoms with Crippen LogP contribution in [0.2, 0.25) is 0 Å². The van der Waals surface area contributed by atoms with Gasteiger partial charge in [0.05, 0.1) is 34.1 Å². The van der Waals surface area contributed by atoms with E-state index < -0.39 is 10.0 Å². The Kier molecular flexibility index (Phi) is 5.86. The normalized spacial score (nSPS) is 11.3. The molecule has 9 heteroatoms. The summed E-state index contributed by atoms with van der Waals surface area (Å²) in [7, 11) is -2.59. The van der Waals surface area contributed by atoms with Crippen molar-refractivity contribution in [3.8, 4) is 5.75 Å². The Bertz CT molecular complexity index is 1410. The molecular weight excluding hydrogens is 446 g/mol. The van der Waals surface area contributed by atoms with Gasteiger partial charge in [0.15, 0.2) is 0 Å². The van der Waals surface area contributed by atoms with Crippen molar-refractivity contribution in [2.45, 2.75) is 18.7 Å². The summed E-state index contributed by atoms with van der Waals surface area (Å²) in [4.78, 5) is 17.0. The largest absolute Gasteiger partial charge is 0.495 e. The lowest BCUT2D eigenvalue weighted by Gasteiger charge is -2.16. The minimum absolute atomic E-state index is 0.0727. The fraction of sp³-hybridized carbons (Fsp3) is 0.130. The summed E-state index contributed by atoms with van der Waals surface area (Å²) in [5.41, 5.74) is 5.33. The maximum absolute atomic E-state index is 13.2. The van der Waals surface area contributed by atoms with Gasteiger partial charge >= 0.3 is 0 Å². The Morgan fingerprint density at radius 2 is 1.75 bits per heavy atom. The summed E-state index contributed by atoms with van der Waals surface area (Å²) >= 11 is 1.37. The molecule has 1 heterocycles. The molecule has 32 heavy (non-hydrogen) atoms. The summed E-state index contributed by atoms with van der Waals surface area (Å²) in [6.07, 6.45) is 0. The molecule has 2 N–H and O–H groups in total. The van der Waals surface area contributed by atoms with Gasteiger partial charge in [0.2, 0.25) is 0 Å². The van der Waals surface area contributed by atoms with Crippen LogP contribution in [0.1, 0.15) is 21.5 Å². The Labute approximate surface area is 190 Å². The van der Waals surface area contributed by atoms with Crippen LogP contribution in [0.5, 0.6) is 5.75 Å². The van der Waals surface area contributed by atoms with E-state index in [9.17, 15) is 13.2 Å². The number of anilines is 2. The van der Waals surface area contributed by atoms with E-state index in [4.69, 9.17) is 4.74 Å². The number of amides is 1. The van der Waals surface area contributed by atoms with Gasteiger partial charge in [-0.3, -0.25) is 9.52 Å². The minimum Gasteiger partial charge on any atom is -0.495 e. The first-order chi connectivity index (χ1) is 15.3. The van der Waals surface area contributed by atoms with Gasteiger partial charge in [-0.05, 0) is 55.3 Å². The van der Waals surface area contributed by atoms with Crippen LogP contribution in [0.4, 0.5) is 11.4 Å². The highest BCUT2D eigenvalue weighted by molar-refractivity contribution is 7.92. The van der Waals surface area contributed by atoms with E-state index in [1.807, 2.05) is 38.1 Å². The van der Waals surface area contributed by atoms with Gasteiger partial charge in [-0.2, -0.15) is 0 Å². The summed E-state index contributed by atoms with van der Waals surface area (Å²) in [5.74, 6) is -0.178. The highest BCUT2D eigenvalue weighted by atomic mass is 32.2. The van der Waals surface area contributed by atoms with Crippen LogP contribution in [0.25, 0.3) is 10.2 Å². The zero-order valence-corrected chi connectivity index (χ0v) is 19.3. The third-order valence-electron chi connectivity index (χ3n) is 5.03. The molecule has 4 aromatic rings. The molecule has 0 spiro atoms. The van der Waals surface area contributed by atoms with Crippen LogP contribution in [-0.4, -0.2) is 26.4 Å². The maximum atomic E-state index is 13.2. The van der Waals surface area contributed by atoms with Crippen LogP contribution in [0.15, 0.2) is 65.0 Å². The van der Waals surface area contributed by atoms with E-state index in [1.54, 1.807) is 23.7 Å². The summed E-state index contributed by atoms with van der Waals surface area (Å²) in [6.45, 7) is 3.66. The molecule has 0 saturated heterocycles. The Balaban J connectivity index is 1.68. The van der Waals surface area contributed by atoms with Crippen molar-refractivity contribution in [2.24, 2.45) is 0 Å². The van der Waals surface area contributed by atoms with Crippen LogP contribution in [0.3, 0.4) is 0 Å². The molecule has 3 aromatic carbocycles. The van der Waals surface area contributed by atoms with Gasteiger partial charge in [0, 0.05) is 5.69 Å². The first kappa shape index (κ1) is 21.8. The second-order valence-corrected chi connectivity index (χ2v) is 9.70. The molecule has 0 bridgehead atoms. The number of para-hydroxylation sites is 1. The number of hydrogen-bond acceptors (Lipinski definition) is 6. The molecule has 0 aliphatic rings. The molecule has 0 fully saturated rings. The first-order valence-corrected chi connectivity index (χ1v) is 12.1. The van der Waals surface area contributed by atoms with E-state index in [0.717, 1.165) is 21.3 Å². The number of thiazole rings is 1. The smallest absolute Gasteiger partial charge is 0.265 e. The topological polar surface area (TPSA) is 97.4 Å². The number of methoxy groups -OCH3 is 1. The highest BCUT2D eigenvalue weighted by Crippen LogP contribution is 2.31. The van der Waals surface area contributed by atoms with Gasteiger partial charge in [-0.25, -0.2) is 13.4 Å². The Morgan fingerprint density at radius 3 is 2.47 bits per heavy atom. The second kappa shape index (κ2) is 8.60. The van der Waals surface area contributed by atoms with Crippen LogP contribution in [0, 0.1) is 13.8 Å². The van der Waals surface area contributed by atoms with Crippen LogP contribution in [-0.2, 0) is 10.0 Å². The molecule has 1 amide bonds. The van der Waals surface area contributed by atoms with Gasteiger partial charge < -0.3 is 10.1 Å². The number of nitrogens with zero attached hydrogens (tertiary/aromatic N) is 1. The van der Waals surface area contributed by atoms with Crippen LogP contribution >= 0.6 is 11.3 Å². The van der Waals surface area contributed by atoms with Crippen molar-refractivity contribution >= 4 is 48.9 Å². The van der Waals surface area contributed by atoms with E-state index >= 15 is 0 Å². The lowest BCUT2D eigenvalue weighted by atomic mass is 10.1. The molecule has 0 aliphatic carbocycles. The Hall–Kier alpha value is -3.43. The number of fused-ring (bicyclic) bond motifs is 1. The molecule has 4 rings (SSSR count). The molecule has 0 atom stereocenters. The van der Waals surface area contributed by atoms with Crippen molar-refractivity contribution in [3.05, 3.63) is 76.8 Å². The number of rotatable bonds is 6. The lowest BCUT2D eigenvalue weighted by molar-refractivity contribution is 0.102. The van der Waals surface area contributed by atoms with E-state index in [-0.39, 0.29) is 16.6 Å². The van der Waals surface area contributed by atoms with Gasteiger partial charge in [-0.15, -0.1) is 11.3 Å². The zero-order valence-electron chi connectivity index (χ0n) is 17.7. The number of ether oxygens (including phenoxy) is 1. The average Bonchev–Trinajstić information content (AvgIpc) is 3.25. The van der Waals surface area contributed by atoms with Crippen molar-refractivity contribution in [1.82, 2.24) is 4.98 Å². The molecule has 0 saturated carbocycles. The first-order valence-electron chi connectivity index (χ1n) is 9.71. The predicted molar refractivity (Wildman–Crippen MR) is 127 cm³/mol. The molecule has 0 unspecified atom stereocenters. The number of aryl methyl sites for hydroxylation is 2. The number of aromatic nitrogens is 1. The number of carbonyl (C=O) groups is 1. The van der Waals surface area contributed by atoms with Crippen molar-refractivity contribution < 1.29 is 17.9 Å². The summed E-state index contributed by atoms with van der Waals surface area (Å²) in [6, 6.07) is 15.3. The number of hydrogen-bond donors (Lipinski definition) is 2. The number of sulfonamides is 1. The van der Waals surface area contributed by atoms with Gasteiger partial charge in [0.25, 0.3) is 15.9 Å². The molecule has 164 valence electrons. The van der Waals surface area contributed by atoms with Gasteiger partial charge in [0.1, 0.15) is 10.6 Å². The van der Waals surface area contributed by atoms with Crippen molar-refractivity contribution in [3.63, 3.8) is 0 Å². The monoisotopic (exact) mass is 467 g/mol. The average molecular weight is 468 g/mol. The lowest BCUT2D eigenvalue weighted by Crippen LogP contribution is -2.17. The maximum Gasteiger partial charge on any atom is 0.265 e. The molecule has 0 radical (unpaired) electrons. The second-order valence-electron chi connectivity index (χ2n) is 7.20. The molecule has 0 aliphatic heterocycles. The third-order valence-corrected chi connectivity index (χ3v) is 7.28.